The molecule has 1 saturated carbocycles. The Labute approximate surface area is 128 Å². The average molecular weight is 348 g/mol. The summed E-state index contributed by atoms with van der Waals surface area (Å²) in [6.45, 7) is 2.06. The molecule has 1 aliphatic carbocycles. The molecule has 0 aliphatic heterocycles. The Morgan fingerprint density at radius 3 is 2.74 bits per heavy atom. The number of methoxy groups -OCH3 is 1. The summed E-state index contributed by atoms with van der Waals surface area (Å²) in [6.07, 6.45) is 4.92. The maximum atomic E-state index is 6.21. The van der Waals surface area contributed by atoms with Crippen LogP contribution in [0, 0.1) is 6.92 Å². The van der Waals surface area contributed by atoms with Crippen LogP contribution in [0.3, 0.4) is 0 Å². The molecule has 0 saturated heterocycles. The smallest absolute Gasteiger partial charge is 0.127 e. The molecule has 0 bridgehead atoms. The van der Waals surface area contributed by atoms with Crippen LogP contribution in [0.1, 0.15) is 36.8 Å². The molecule has 2 atom stereocenters. The van der Waals surface area contributed by atoms with E-state index in [0.717, 1.165) is 47.0 Å². The highest BCUT2D eigenvalue weighted by atomic mass is 79.9. The van der Waals surface area contributed by atoms with Crippen LogP contribution in [0.15, 0.2) is 16.6 Å². The third-order valence-electron chi connectivity index (χ3n) is 3.66. The van der Waals surface area contributed by atoms with Gasteiger partial charge >= 0.3 is 0 Å². The number of rotatable bonds is 4. The number of benzene rings is 1. The first-order valence-corrected chi connectivity index (χ1v) is 8.01. The monoisotopic (exact) mass is 346 g/mol. The first-order valence-electron chi connectivity index (χ1n) is 6.68. The van der Waals surface area contributed by atoms with E-state index in [4.69, 9.17) is 21.1 Å². The lowest BCUT2D eigenvalue weighted by molar-refractivity contribution is 0.0205. The van der Waals surface area contributed by atoms with Crippen LogP contribution < -0.4 is 4.74 Å². The highest BCUT2D eigenvalue weighted by Crippen LogP contribution is 2.33. The molecular formula is C15H20BrClO2. The fourth-order valence-electron chi connectivity index (χ4n) is 2.66. The summed E-state index contributed by atoms with van der Waals surface area (Å²) in [5, 5.41) is 0. The van der Waals surface area contributed by atoms with Gasteiger partial charge in [0.1, 0.15) is 11.9 Å². The Morgan fingerprint density at radius 1 is 1.32 bits per heavy atom. The summed E-state index contributed by atoms with van der Waals surface area (Å²) in [5.41, 5.74) is 2.18. The van der Waals surface area contributed by atoms with E-state index >= 15 is 0 Å². The molecule has 0 spiro atoms. The van der Waals surface area contributed by atoms with Crippen LogP contribution in [0.25, 0.3) is 0 Å². The molecule has 0 radical (unpaired) electrons. The van der Waals surface area contributed by atoms with Crippen molar-refractivity contribution >= 4 is 27.5 Å². The predicted molar refractivity (Wildman–Crippen MR) is 82.1 cm³/mol. The molecule has 1 aromatic rings. The molecule has 1 aromatic carbocycles. The summed E-state index contributed by atoms with van der Waals surface area (Å²) in [5.74, 6) is 1.41. The van der Waals surface area contributed by atoms with Crippen molar-refractivity contribution in [1.82, 2.24) is 0 Å². The molecule has 19 heavy (non-hydrogen) atoms. The van der Waals surface area contributed by atoms with Gasteiger partial charge in [-0.2, -0.15) is 0 Å². The van der Waals surface area contributed by atoms with E-state index in [1.165, 1.54) is 0 Å². The van der Waals surface area contributed by atoms with Crippen LogP contribution in [0.4, 0.5) is 0 Å². The number of hydrogen-bond donors (Lipinski definition) is 0. The van der Waals surface area contributed by atoms with Gasteiger partial charge in [-0.3, -0.25) is 0 Å². The normalized spacial score (nSPS) is 23.4. The minimum Gasteiger partial charge on any atom is -0.490 e. The zero-order chi connectivity index (χ0) is 13.8. The maximum absolute atomic E-state index is 6.21. The summed E-state index contributed by atoms with van der Waals surface area (Å²) < 4.78 is 12.7. The fraction of sp³-hybridized carbons (Fsp3) is 0.600. The lowest BCUT2D eigenvalue weighted by Crippen LogP contribution is -2.29. The minimum absolute atomic E-state index is 0.237. The van der Waals surface area contributed by atoms with E-state index in [2.05, 4.69) is 28.9 Å². The topological polar surface area (TPSA) is 18.5 Å². The molecule has 2 nitrogen and oxygen atoms in total. The van der Waals surface area contributed by atoms with Crippen LogP contribution in [-0.2, 0) is 10.6 Å². The SMILES string of the molecule is COC1CCCC(Oc2c(C)cc(Br)cc2CCl)C1. The fourth-order valence-corrected chi connectivity index (χ4v) is 3.48. The van der Waals surface area contributed by atoms with E-state index in [9.17, 15) is 0 Å². The Balaban J connectivity index is 2.14. The van der Waals surface area contributed by atoms with Crippen molar-refractivity contribution in [2.24, 2.45) is 0 Å². The molecule has 2 unspecified atom stereocenters. The van der Waals surface area contributed by atoms with Crippen molar-refractivity contribution in [3.63, 3.8) is 0 Å². The van der Waals surface area contributed by atoms with Crippen molar-refractivity contribution in [3.8, 4) is 5.75 Å². The van der Waals surface area contributed by atoms with Gasteiger partial charge in [0.25, 0.3) is 0 Å². The van der Waals surface area contributed by atoms with Gasteiger partial charge in [0.15, 0.2) is 0 Å². The lowest BCUT2D eigenvalue weighted by Gasteiger charge is -2.30. The molecule has 0 amide bonds. The van der Waals surface area contributed by atoms with Gasteiger partial charge in [0.2, 0.25) is 0 Å². The Kier molecular flexibility index (Phi) is 5.55. The lowest BCUT2D eigenvalue weighted by atomic mass is 9.94. The number of alkyl halides is 1. The van der Waals surface area contributed by atoms with Gasteiger partial charge in [0, 0.05) is 23.6 Å². The minimum atomic E-state index is 0.237. The second-order valence-corrected chi connectivity index (χ2v) is 6.29. The van der Waals surface area contributed by atoms with Gasteiger partial charge in [-0.25, -0.2) is 0 Å². The zero-order valence-electron chi connectivity index (χ0n) is 11.4. The highest BCUT2D eigenvalue weighted by molar-refractivity contribution is 9.10. The first kappa shape index (κ1) is 15.1. The predicted octanol–water partition coefficient (Wildman–Crippen LogP) is 4.83. The molecule has 0 heterocycles. The van der Waals surface area contributed by atoms with E-state index in [0.29, 0.717) is 12.0 Å². The number of ether oxygens (including phenoxy) is 2. The van der Waals surface area contributed by atoms with Crippen LogP contribution in [0.2, 0.25) is 0 Å². The van der Waals surface area contributed by atoms with Gasteiger partial charge in [-0.15, -0.1) is 11.6 Å². The number of halogens is 2. The van der Waals surface area contributed by atoms with Gasteiger partial charge in [-0.1, -0.05) is 15.9 Å². The molecule has 2 rings (SSSR count). The zero-order valence-corrected chi connectivity index (χ0v) is 13.8. The van der Waals surface area contributed by atoms with E-state index < -0.39 is 0 Å². The molecule has 4 heteroatoms. The average Bonchev–Trinajstić information content (AvgIpc) is 2.41. The molecular weight excluding hydrogens is 328 g/mol. The van der Waals surface area contributed by atoms with Crippen molar-refractivity contribution in [2.45, 2.75) is 50.7 Å². The van der Waals surface area contributed by atoms with Crippen molar-refractivity contribution in [3.05, 3.63) is 27.7 Å². The number of hydrogen-bond acceptors (Lipinski definition) is 2. The molecule has 0 aromatic heterocycles. The van der Waals surface area contributed by atoms with Crippen molar-refractivity contribution < 1.29 is 9.47 Å². The van der Waals surface area contributed by atoms with E-state index in [-0.39, 0.29) is 6.10 Å². The largest absolute Gasteiger partial charge is 0.490 e. The van der Waals surface area contributed by atoms with Crippen molar-refractivity contribution in [2.75, 3.05) is 7.11 Å². The van der Waals surface area contributed by atoms with Crippen LogP contribution >= 0.6 is 27.5 Å². The molecule has 0 N–H and O–H groups in total. The Bertz CT molecular complexity index is 436. The van der Waals surface area contributed by atoms with Crippen molar-refractivity contribution in [1.29, 1.82) is 0 Å². The highest BCUT2D eigenvalue weighted by Gasteiger charge is 2.24. The summed E-state index contributed by atoms with van der Waals surface area (Å²) in [4.78, 5) is 0. The number of aryl methyl sites for hydroxylation is 1. The third kappa shape index (κ3) is 3.87. The van der Waals surface area contributed by atoms with E-state index in [1.54, 1.807) is 7.11 Å². The molecule has 106 valence electrons. The quantitative estimate of drug-likeness (QED) is 0.726. The third-order valence-corrected chi connectivity index (χ3v) is 4.40. The standard InChI is InChI=1S/C15H20BrClO2/c1-10-6-12(16)7-11(9-17)15(10)19-14-5-3-4-13(8-14)18-2/h6-7,13-14H,3-5,8-9H2,1-2H3. The second kappa shape index (κ2) is 6.96. The first-order chi connectivity index (χ1) is 9.13. The maximum Gasteiger partial charge on any atom is 0.127 e. The summed E-state index contributed by atoms with van der Waals surface area (Å²) >= 11 is 9.52. The van der Waals surface area contributed by atoms with Gasteiger partial charge in [0.05, 0.1) is 12.0 Å². The van der Waals surface area contributed by atoms with Gasteiger partial charge < -0.3 is 9.47 Å². The summed E-state index contributed by atoms with van der Waals surface area (Å²) in [7, 11) is 1.78. The van der Waals surface area contributed by atoms with Gasteiger partial charge in [-0.05, 0) is 43.9 Å². The second-order valence-electron chi connectivity index (χ2n) is 5.11. The van der Waals surface area contributed by atoms with E-state index in [1.807, 2.05) is 6.07 Å². The summed E-state index contributed by atoms with van der Waals surface area (Å²) in [6, 6.07) is 4.11. The van der Waals surface area contributed by atoms with Crippen LogP contribution in [0.5, 0.6) is 5.75 Å². The Morgan fingerprint density at radius 2 is 2.05 bits per heavy atom. The van der Waals surface area contributed by atoms with Crippen LogP contribution in [-0.4, -0.2) is 19.3 Å². The Hall–Kier alpha value is -0.250. The molecule has 1 fully saturated rings. The molecule has 1 aliphatic rings.